The Morgan fingerprint density at radius 3 is 2.50 bits per heavy atom. The lowest BCUT2D eigenvalue weighted by Crippen LogP contribution is -2.26. The first-order valence-electron chi connectivity index (χ1n) is 4.89. The van der Waals surface area contributed by atoms with Gasteiger partial charge in [-0.25, -0.2) is 4.39 Å². The summed E-state index contributed by atoms with van der Waals surface area (Å²) in [6.45, 7) is 0.361. The summed E-state index contributed by atoms with van der Waals surface area (Å²) in [6.07, 6.45) is 0.491. The van der Waals surface area contributed by atoms with Gasteiger partial charge in [0, 0.05) is 6.54 Å². The van der Waals surface area contributed by atoms with Crippen LogP contribution in [-0.2, 0) is 11.3 Å². The highest BCUT2D eigenvalue weighted by molar-refractivity contribution is 6.52. The molecule has 1 amide bonds. The quantitative estimate of drug-likeness (QED) is 0.833. The average Bonchev–Trinajstić information content (AvgIpc) is 2.87. The molecule has 0 radical (unpaired) electrons. The number of benzene rings is 1. The number of hydrogen-bond acceptors (Lipinski definition) is 1. The Hall–Kier alpha value is -0.800. The maximum atomic E-state index is 12.6. The molecule has 0 aromatic heterocycles. The zero-order chi connectivity index (χ0) is 11.8. The van der Waals surface area contributed by atoms with Crippen LogP contribution in [0, 0.1) is 11.7 Å². The minimum Gasteiger partial charge on any atom is -0.352 e. The van der Waals surface area contributed by atoms with Crippen LogP contribution >= 0.6 is 23.2 Å². The SMILES string of the molecule is O=C(NCc1ccc(F)cc1)[C@H]1CC1(Cl)Cl. The Labute approximate surface area is 103 Å². The fraction of sp³-hybridized carbons (Fsp3) is 0.364. The van der Waals surface area contributed by atoms with Crippen LogP contribution in [0.15, 0.2) is 24.3 Å². The molecule has 1 fully saturated rings. The second-order valence-electron chi connectivity index (χ2n) is 3.86. The van der Waals surface area contributed by atoms with Crippen molar-refractivity contribution in [1.29, 1.82) is 0 Å². The third-order valence-corrected chi connectivity index (χ3v) is 3.36. The lowest BCUT2D eigenvalue weighted by molar-refractivity contribution is -0.122. The van der Waals surface area contributed by atoms with Crippen LogP contribution < -0.4 is 5.32 Å². The van der Waals surface area contributed by atoms with Crippen LogP contribution in [0.4, 0.5) is 4.39 Å². The van der Waals surface area contributed by atoms with Crippen molar-refractivity contribution in [2.75, 3.05) is 0 Å². The Morgan fingerprint density at radius 1 is 1.44 bits per heavy atom. The second-order valence-corrected chi connectivity index (χ2v) is 5.40. The summed E-state index contributed by atoms with van der Waals surface area (Å²) in [5, 5.41) is 2.71. The third-order valence-electron chi connectivity index (χ3n) is 2.52. The standard InChI is InChI=1S/C11H10Cl2FNO/c12-11(13)5-9(11)10(16)15-6-7-1-3-8(14)4-2-7/h1-4,9H,5-6H2,(H,15,16)/t9-/m1/s1. The van der Waals surface area contributed by atoms with Gasteiger partial charge >= 0.3 is 0 Å². The van der Waals surface area contributed by atoms with Crippen LogP contribution in [0.25, 0.3) is 0 Å². The van der Waals surface area contributed by atoms with E-state index in [0.29, 0.717) is 13.0 Å². The fourth-order valence-electron chi connectivity index (χ4n) is 1.41. The molecule has 0 spiro atoms. The number of alkyl halides is 2. The van der Waals surface area contributed by atoms with Gasteiger partial charge in [0.25, 0.3) is 0 Å². The van der Waals surface area contributed by atoms with Crippen molar-refractivity contribution >= 4 is 29.1 Å². The molecule has 1 atom stereocenters. The minimum atomic E-state index is -0.896. The van der Waals surface area contributed by atoms with Crippen molar-refractivity contribution in [1.82, 2.24) is 5.32 Å². The summed E-state index contributed by atoms with van der Waals surface area (Å²) in [5.74, 6) is -0.775. The van der Waals surface area contributed by atoms with E-state index in [1.165, 1.54) is 12.1 Å². The highest BCUT2D eigenvalue weighted by Gasteiger charge is 2.56. The van der Waals surface area contributed by atoms with Gasteiger partial charge in [-0.15, -0.1) is 23.2 Å². The van der Waals surface area contributed by atoms with Gasteiger partial charge in [0.05, 0.1) is 5.92 Å². The number of nitrogens with one attached hydrogen (secondary N) is 1. The topological polar surface area (TPSA) is 29.1 Å². The molecule has 2 rings (SSSR count). The smallest absolute Gasteiger partial charge is 0.226 e. The zero-order valence-electron chi connectivity index (χ0n) is 8.34. The van der Waals surface area contributed by atoms with Crippen molar-refractivity contribution in [3.05, 3.63) is 35.6 Å². The van der Waals surface area contributed by atoms with E-state index in [2.05, 4.69) is 5.32 Å². The van der Waals surface area contributed by atoms with E-state index in [4.69, 9.17) is 23.2 Å². The molecule has 1 aromatic rings. The molecule has 1 N–H and O–H groups in total. The summed E-state index contributed by atoms with van der Waals surface area (Å²) in [5.41, 5.74) is 0.838. The number of halogens is 3. The lowest BCUT2D eigenvalue weighted by atomic mass is 10.2. The van der Waals surface area contributed by atoms with Gasteiger partial charge in [-0.2, -0.15) is 0 Å². The first-order chi connectivity index (χ1) is 7.49. The van der Waals surface area contributed by atoms with Crippen LogP contribution in [0.1, 0.15) is 12.0 Å². The van der Waals surface area contributed by atoms with Gasteiger partial charge in [0.15, 0.2) is 0 Å². The van der Waals surface area contributed by atoms with Gasteiger partial charge < -0.3 is 5.32 Å². The summed E-state index contributed by atoms with van der Waals surface area (Å²) in [7, 11) is 0. The molecule has 2 nitrogen and oxygen atoms in total. The number of hydrogen-bond donors (Lipinski definition) is 1. The molecule has 16 heavy (non-hydrogen) atoms. The van der Waals surface area contributed by atoms with E-state index in [1.54, 1.807) is 12.1 Å². The Kier molecular flexibility index (Phi) is 3.08. The van der Waals surface area contributed by atoms with E-state index in [1.807, 2.05) is 0 Å². The molecule has 1 saturated carbocycles. The van der Waals surface area contributed by atoms with Crippen LogP contribution in [-0.4, -0.2) is 10.2 Å². The lowest BCUT2D eigenvalue weighted by Gasteiger charge is -2.05. The van der Waals surface area contributed by atoms with Gasteiger partial charge in [-0.05, 0) is 24.1 Å². The Morgan fingerprint density at radius 2 is 2.00 bits per heavy atom. The number of carbonyl (C=O) groups excluding carboxylic acids is 1. The second kappa shape index (κ2) is 4.22. The summed E-state index contributed by atoms with van der Waals surface area (Å²) < 4.78 is 11.7. The molecule has 1 aliphatic rings. The van der Waals surface area contributed by atoms with E-state index < -0.39 is 4.33 Å². The zero-order valence-corrected chi connectivity index (χ0v) is 9.85. The maximum absolute atomic E-state index is 12.6. The maximum Gasteiger partial charge on any atom is 0.226 e. The molecule has 86 valence electrons. The first kappa shape index (κ1) is 11.7. The normalized spacial score (nSPS) is 21.6. The molecular formula is C11H10Cl2FNO. The van der Waals surface area contributed by atoms with Crippen LogP contribution in [0.2, 0.25) is 0 Å². The Balaban J connectivity index is 1.84. The van der Waals surface area contributed by atoms with Gasteiger partial charge in [0.1, 0.15) is 10.2 Å². The van der Waals surface area contributed by atoms with E-state index in [-0.39, 0.29) is 17.6 Å². The van der Waals surface area contributed by atoms with E-state index in [0.717, 1.165) is 5.56 Å². The van der Waals surface area contributed by atoms with Crippen molar-refractivity contribution < 1.29 is 9.18 Å². The van der Waals surface area contributed by atoms with Gasteiger partial charge in [0.2, 0.25) is 5.91 Å². The largest absolute Gasteiger partial charge is 0.352 e. The first-order valence-corrected chi connectivity index (χ1v) is 5.64. The number of rotatable bonds is 3. The van der Waals surface area contributed by atoms with E-state index in [9.17, 15) is 9.18 Å². The van der Waals surface area contributed by atoms with Crippen LogP contribution in [0.3, 0.4) is 0 Å². The van der Waals surface area contributed by atoms with Crippen LogP contribution in [0.5, 0.6) is 0 Å². The van der Waals surface area contributed by atoms with Crippen molar-refractivity contribution in [2.24, 2.45) is 5.92 Å². The van der Waals surface area contributed by atoms with Crippen molar-refractivity contribution in [3.8, 4) is 0 Å². The monoisotopic (exact) mass is 261 g/mol. The minimum absolute atomic E-state index is 0.158. The molecular weight excluding hydrogens is 252 g/mol. The highest BCUT2D eigenvalue weighted by atomic mass is 35.5. The summed E-state index contributed by atoms with van der Waals surface area (Å²) >= 11 is 11.5. The van der Waals surface area contributed by atoms with Gasteiger partial charge in [-0.3, -0.25) is 4.79 Å². The molecule has 0 aliphatic heterocycles. The average molecular weight is 262 g/mol. The van der Waals surface area contributed by atoms with E-state index >= 15 is 0 Å². The summed E-state index contributed by atoms with van der Waals surface area (Å²) in [4.78, 5) is 11.5. The number of amides is 1. The summed E-state index contributed by atoms with van der Waals surface area (Å²) in [6, 6.07) is 5.95. The number of carbonyl (C=O) groups is 1. The molecule has 0 bridgehead atoms. The predicted molar refractivity (Wildman–Crippen MR) is 60.8 cm³/mol. The molecule has 0 unspecified atom stereocenters. The molecule has 1 aromatic carbocycles. The molecule has 0 saturated heterocycles. The fourth-order valence-corrected chi connectivity index (χ4v) is 1.92. The molecule has 0 heterocycles. The molecule has 1 aliphatic carbocycles. The van der Waals surface area contributed by atoms with Crippen molar-refractivity contribution in [3.63, 3.8) is 0 Å². The predicted octanol–water partition coefficient (Wildman–Crippen LogP) is 2.64. The highest BCUT2D eigenvalue weighted by Crippen LogP contribution is 2.53. The third kappa shape index (κ3) is 2.66. The molecule has 5 heteroatoms. The van der Waals surface area contributed by atoms with Crippen molar-refractivity contribution in [2.45, 2.75) is 17.3 Å². The van der Waals surface area contributed by atoms with Gasteiger partial charge in [-0.1, -0.05) is 12.1 Å². The Bertz CT molecular complexity index is 405.